The number of hydrogen-bond acceptors (Lipinski definition) is 4. The summed E-state index contributed by atoms with van der Waals surface area (Å²) in [5.41, 5.74) is 6.09. The van der Waals surface area contributed by atoms with E-state index in [1.54, 1.807) is 68.4 Å². The molecule has 0 aromatic heterocycles. The Morgan fingerprint density at radius 3 is 2.14 bits per heavy atom. The molecular weight excluding hydrogens is 547 g/mol. The highest BCUT2D eigenvalue weighted by atomic mass is 19.4. The Hall–Kier alpha value is -4.93. The van der Waals surface area contributed by atoms with Crippen LogP contribution in [0, 0.1) is 5.92 Å². The molecule has 8 nitrogen and oxygen atoms in total. The smallest absolute Gasteiger partial charge is 0.416 e. The average molecular weight is 577 g/mol. The van der Waals surface area contributed by atoms with Gasteiger partial charge in [-0.15, -0.1) is 0 Å². The van der Waals surface area contributed by atoms with E-state index in [0.717, 1.165) is 17.0 Å². The van der Waals surface area contributed by atoms with Crippen LogP contribution in [0.5, 0.6) is 0 Å². The lowest BCUT2D eigenvalue weighted by Gasteiger charge is -2.30. The SMILES string of the molecule is CC(C)N(C(=O)CN1C=CN(c2ccccc2)C(=O)C(CC(=[N-])c2ccccc2N)C1=O)c1ccc(C(F)(F)F)cc1. The Morgan fingerprint density at radius 1 is 0.929 bits per heavy atom. The normalized spacial score (nSPS) is 15.6. The maximum Gasteiger partial charge on any atom is 0.416 e. The van der Waals surface area contributed by atoms with E-state index in [1.807, 2.05) is 0 Å². The number of amides is 3. The first-order chi connectivity index (χ1) is 19.9. The number of nitrogens with zero attached hydrogens (tertiary/aromatic N) is 4. The summed E-state index contributed by atoms with van der Waals surface area (Å²) in [4.78, 5) is 44.6. The summed E-state index contributed by atoms with van der Waals surface area (Å²) in [5.74, 6) is -3.35. The third kappa shape index (κ3) is 6.51. The van der Waals surface area contributed by atoms with E-state index in [2.05, 4.69) is 0 Å². The van der Waals surface area contributed by atoms with Crippen LogP contribution < -0.4 is 15.5 Å². The molecule has 0 fully saturated rings. The lowest BCUT2D eigenvalue weighted by atomic mass is 9.94. The molecule has 0 radical (unpaired) electrons. The molecule has 3 aromatic carbocycles. The molecule has 0 saturated heterocycles. The van der Waals surface area contributed by atoms with Crippen LogP contribution in [0.15, 0.2) is 91.3 Å². The summed E-state index contributed by atoms with van der Waals surface area (Å²) < 4.78 is 39.2. The third-order valence-electron chi connectivity index (χ3n) is 6.78. The second-order valence-corrected chi connectivity index (χ2v) is 10.0. The van der Waals surface area contributed by atoms with Gasteiger partial charge in [-0.2, -0.15) is 18.9 Å². The van der Waals surface area contributed by atoms with Crippen molar-refractivity contribution in [2.24, 2.45) is 5.92 Å². The van der Waals surface area contributed by atoms with Crippen molar-refractivity contribution in [2.75, 3.05) is 22.1 Å². The number of para-hydroxylation sites is 2. The van der Waals surface area contributed by atoms with E-state index in [1.165, 1.54) is 34.3 Å². The molecule has 0 aliphatic carbocycles. The predicted octanol–water partition coefficient (Wildman–Crippen LogP) is 5.44. The quantitative estimate of drug-likeness (QED) is 0.219. The van der Waals surface area contributed by atoms with Gasteiger partial charge in [-0.25, -0.2) is 0 Å². The van der Waals surface area contributed by atoms with Crippen LogP contribution in [-0.4, -0.2) is 40.9 Å². The average Bonchev–Trinajstić information content (AvgIpc) is 3.05. The van der Waals surface area contributed by atoms with E-state index in [0.29, 0.717) is 5.69 Å². The van der Waals surface area contributed by atoms with Gasteiger partial charge in [-0.1, -0.05) is 36.4 Å². The van der Waals surface area contributed by atoms with E-state index >= 15 is 0 Å². The third-order valence-corrected chi connectivity index (χ3v) is 6.78. The highest BCUT2D eigenvalue weighted by Crippen LogP contribution is 2.31. The van der Waals surface area contributed by atoms with Gasteiger partial charge in [0.1, 0.15) is 12.5 Å². The minimum atomic E-state index is -4.53. The number of carbonyl (C=O) groups excluding carboxylic acids is 3. The van der Waals surface area contributed by atoms with E-state index in [9.17, 15) is 33.0 Å². The van der Waals surface area contributed by atoms with E-state index in [4.69, 9.17) is 5.73 Å². The molecule has 42 heavy (non-hydrogen) atoms. The number of anilines is 3. The van der Waals surface area contributed by atoms with Gasteiger partial charge in [-0.05, 0) is 68.3 Å². The number of rotatable bonds is 8. The lowest BCUT2D eigenvalue weighted by molar-refractivity contribution is -0.140. The molecule has 0 saturated carbocycles. The van der Waals surface area contributed by atoms with Crippen molar-refractivity contribution in [1.82, 2.24) is 4.90 Å². The second-order valence-electron chi connectivity index (χ2n) is 10.0. The standard InChI is InChI=1S/C31H29F3N5O3/c1-20(2)39(23-14-12-21(13-15-23)31(32,33)34)28(40)19-37-16-17-38(22-8-4-3-5-9-22)30(42)25(29(37)41)18-27(36)24-10-6-7-11-26(24)35/h3-17,20,25H,18-19,35H2,1-2H3/q-1. The molecule has 1 heterocycles. The van der Waals surface area contributed by atoms with E-state index < -0.39 is 48.0 Å². The van der Waals surface area contributed by atoms with Gasteiger partial charge >= 0.3 is 6.18 Å². The van der Waals surface area contributed by atoms with Crippen LogP contribution in [0.2, 0.25) is 0 Å². The second kappa shape index (κ2) is 12.3. The van der Waals surface area contributed by atoms with E-state index in [-0.39, 0.29) is 29.1 Å². The molecule has 1 atom stereocenters. The summed E-state index contributed by atoms with van der Waals surface area (Å²) in [7, 11) is 0. The molecule has 1 unspecified atom stereocenters. The van der Waals surface area contributed by atoms with Gasteiger partial charge in [0.2, 0.25) is 17.7 Å². The highest BCUT2D eigenvalue weighted by molar-refractivity contribution is 6.16. The molecule has 4 rings (SSSR count). The van der Waals surface area contributed by atoms with Crippen LogP contribution >= 0.6 is 0 Å². The number of benzene rings is 3. The van der Waals surface area contributed by atoms with Crippen molar-refractivity contribution < 1.29 is 27.6 Å². The van der Waals surface area contributed by atoms with Gasteiger partial charge in [0, 0.05) is 35.5 Å². The Kier molecular flexibility index (Phi) is 8.79. The van der Waals surface area contributed by atoms with Gasteiger partial charge in [0.15, 0.2) is 0 Å². The number of hydrogen-bond donors (Lipinski definition) is 1. The molecule has 3 amide bonds. The number of alkyl halides is 3. The van der Waals surface area contributed by atoms with Crippen molar-refractivity contribution in [3.63, 3.8) is 0 Å². The summed E-state index contributed by atoms with van der Waals surface area (Å²) in [6, 6.07) is 18.7. The molecule has 3 aromatic rings. The zero-order chi connectivity index (χ0) is 30.6. The fourth-order valence-electron chi connectivity index (χ4n) is 4.70. The lowest BCUT2D eigenvalue weighted by Crippen LogP contribution is -2.46. The van der Waals surface area contributed by atoms with Crippen LogP contribution in [0.1, 0.15) is 31.4 Å². The summed E-state index contributed by atoms with van der Waals surface area (Å²) in [5, 5.41) is 10.9. The maximum absolute atomic E-state index is 13.8. The van der Waals surface area contributed by atoms with Crippen LogP contribution in [0.4, 0.5) is 30.2 Å². The number of carbonyl (C=O) groups is 3. The fraction of sp³-hybridized carbons (Fsp3) is 0.226. The van der Waals surface area contributed by atoms with Crippen LogP contribution in [0.25, 0.3) is 5.41 Å². The molecule has 2 N–H and O–H groups in total. The summed E-state index contributed by atoms with van der Waals surface area (Å²) in [6.45, 7) is 2.88. The predicted molar refractivity (Wildman–Crippen MR) is 155 cm³/mol. The zero-order valence-electron chi connectivity index (χ0n) is 23.0. The molecular formula is C31H29F3N5O3-. The Morgan fingerprint density at radius 2 is 1.55 bits per heavy atom. The minimum absolute atomic E-state index is 0.221. The number of halogens is 3. The number of nitrogen functional groups attached to an aromatic ring is 1. The number of nitrogens with two attached hydrogens (primary N) is 1. The van der Waals surface area contributed by atoms with Crippen molar-refractivity contribution in [1.29, 1.82) is 0 Å². The molecule has 0 spiro atoms. The topological polar surface area (TPSA) is 109 Å². The van der Waals surface area contributed by atoms with Gasteiger partial charge in [-0.3, -0.25) is 19.3 Å². The summed E-state index contributed by atoms with van der Waals surface area (Å²) >= 11 is 0. The molecule has 218 valence electrons. The van der Waals surface area contributed by atoms with Crippen molar-refractivity contribution in [2.45, 2.75) is 32.5 Å². The van der Waals surface area contributed by atoms with Crippen LogP contribution in [-0.2, 0) is 20.6 Å². The first-order valence-electron chi connectivity index (χ1n) is 13.1. The first-order valence-corrected chi connectivity index (χ1v) is 13.1. The highest BCUT2D eigenvalue weighted by Gasteiger charge is 2.37. The monoisotopic (exact) mass is 576 g/mol. The van der Waals surface area contributed by atoms with Crippen LogP contribution in [0.3, 0.4) is 0 Å². The van der Waals surface area contributed by atoms with Gasteiger partial charge in [0.05, 0.1) is 5.56 Å². The molecule has 11 heteroatoms. The van der Waals surface area contributed by atoms with Crippen molar-refractivity contribution >= 4 is 40.5 Å². The van der Waals surface area contributed by atoms with Crippen molar-refractivity contribution in [3.05, 3.63) is 108 Å². The van der Waals surface area contributed by atoms with Gasteiger partial charge < -0.3 is 20.9 Å². The first kappa shape index (κ1) is 30.0. The maximum atomic E-state index is 13.8. The Bertz CT molecular complexity index is 1500. The summed E-state index contributed by atoms with van der Waals surface area (Å²) in [6.07, 6.45) is -2.24. The molecule has 0 bridgehead atoms. The minimum Gasteiger partial charge on any atom is -0.807 e. The zero-order valence-corrected chi connectivity index (χ0v) is 23.0. The Balaban J connectivity index is 1.65. The Labute approximate surface area is 241 Å². The molecule has 1 aliphatic rings. The largest absolute Gasteiger partial charge is 0.807 e. The van der Waals surface area contributed by atoms with Gasteiger partial charge in [0.25, 0.3) is 0 Å². The fourth-order valence-corrected chi connectivity index (χ4v) is 4.70. The van der Waals surface area contributed by atoms with Crippen molar-refractivity contribution in [3.8, 4) is 0 Å². The molecule has 1 aliphatic heterocycles.